The van der Waals surface area contributed by atoms with Crippen LogP contribution in [0.5, 0.6) is 0 Å². The number of halogens is 3. The first kappa shape index (κ1) is 23.2. The molecule has 1 amide bonds. The van der Waals surface area contributed by atoms with Gasteiger partial charge in [0.05, 0.1) is 17.0 Å². The number of alkyl halides is 3. The van der Waals surface area contributed by atoms with E-state index in [1.807, 2.05) is 0 Å². The number of rotatable bonds is 5. The number of piperidine rings is 1. The first-order valence-corrected chi connectivity index (χ1v) is 11.8. The molecule has 12 heteroatoms. The molecule has 176 valence electrons. The molecular formula is C21H22F3N5O3S. The van der Waals surface area contributed by atoms with Crippen LogP contribution in [0.2, 0.25) is 0 Å². The van der Waals surface area contributed by atoms with Crippen LogP contribution in [0.15, 0.2) is 47.5 Å². The Balaban J connectivity index is 1.44. The smallest absolute Gasteiger partial charge is 0.345 e. The number of carbonyl (C=O) groups excluding carboxylic acids is 1. The minimum absolute atomic E-state index is 0.108. The minimum atomic E-state index is -4.52. The predicted molar refractivity (Wildman–Crippen MR) is 113 cm³/mol. The molecule has 3 aromatic rings. The van der Waals surface area contributed by atoms with Crippen LogP contribution in [0.1, 0.15) is 41.5 Å². The van der Waals surface area contributed by atoms with Gasteiger partial charge in [-0.05, 0) is 55.2 Å². The number of hydrogen-bond donors (Lipinski definition) is 1. The Labute approximate surface area is 188 Å². The summed E-state index contributed by atoms with van der Waals surface area (Å²) >= 11 is 0. The van der Waals surface area contributed by atoms with Gasteiger partial charge in [-0.25, -0.2) is 8.42 Å². The van der Waals surface area contributed by atoms with Crippen molar-refractivity contribution < 1.29 is 26.4 Å². The summed E-state index contributed by atoms with van der Waals surface area (Å²) in [7, 11) is -3.63. The molecule has 0 aliphatic carbocycles. The summed E-state index contributed by atoms with van der Waals surface area (Å²) in [4.78, 5) is 12.6. The molecular weight excluding hydrogens is 459 g/mol. The Morgan fingerprint density at radius 1 is 1.09 bits per heavy atom. The Morgan fingerprint density at radius 2 is 1.76 bits per heavy atom. The molecule has 1 aromatic carbocycles. The van der Waals surface area contributed by atoms with Crippen LogP contribution in [-0.2, 0) is 22.7 Å². The third-order valence-electron chi connectivity index (χ3n) is 5.70. The maximum absolute atomic E-state index is 13.0. The molecule has 0 radical (unpaired) electrons. The first-order chi connectivity index (χ1) is 15.6. The third-order valence-corrected chi connectivity index (χ3v) is 7.62. The topological polar surface area (TPSA) is 96.7 Å². The van der Waals surface area contributed by atoms with Crippen LogP contribution in [0.25, 0.3) is 5.65 Å². The van der Waals surface area contributed by atoms with E-state index in [9.17, 15) is 26.4 Å². The SMILES string of the molecule is CC1CCN(S(=O)(=O)c2ccc(C(=O)NCc3nnc4ccc(C(F)(F)F)cn34)cc2)CC1. The minimum Gasteiger partial charge on any atom is -0.345 e. The molecule has 0 unspecified atom stereocenters. The van der Waals surface area contributed by atoms with E-state index in [2.05, 4.69) is 22.4 Å². The summed E-state index contributed by atoms with van der Waals surface area (Å²) in [5, 5.41) is 10.2. The van der Waals surface area contributed by atoms with Crippen molar-refractivity contribution in [3.05, 3.63) is 59.5 Å². The number of aromatic nitrogens is 3. The Bertz CT molecular complexity index is 1260. The highest BCUT2D eigenvalue weighted by Crippen LogP contribution is 2.29. The fourth-order valence-corrected chi connectivity index (χ4v) is 5.11. The van der Waals surface area contributed by atoms with Crippen molar-refractivity contribution >= 4 is 21.6 Å². The average Bonchev–Trinajstić information content (AvgIpc) is 3.19. The Kier molecular flexibility index (Phi) is 6.14. The van der Waals surface area contributed by atoms with Gasteiger partial charge < -0.3 is 5.32 Å². The lowest BCUT2D eigenvalue weighted by molar-refractivity contribution is -0.137. The number of benzene rings is 1. The molecule has 0 atom stereocenters. The van der Waals surface area contributed by atoms with E-state index < -0.39 is 27.7 Å². The van der Waals surface area contributed by atoms with Gasteiger partial charge in [0.2, 0.25) is 10.0 Å². The molecule has 1 aliphatic rings. The first-order valence-electron chi connectivity index (χ1n) is 10.3. The molecule has 1 fully saturated rings. The van der Waals surface area contributed by atoms with Crippen LogP contribution in [0, 0.1) is 5.92 Å². The van der Waals surface area contributed by atoms with E-state index in [0.29, 0.717) is 19.0 Å². The summed E-state index contributed by atoms with van der Waals surface area (Å²) in [6.45, 7) is 2.87. The second kappa shape index (κ2) is 8.75. The van der Waals surface area contributed by atoms with Crippen LogP contribution < -0.4 is 5.32 Å². The zero-order valence-electron chi connectivity index (χ0n) is 17.7. The lowest BCUT2D eigenvalue weighted by atomic mass is 10.0. The number of nitrogens with zero attached hydrogens (tertiary/aromatic N) is 4. The van der Waals surface area contributed by atoms with Crippen LogP contribution >= 0.6 is 0 Å². The van der Waals surface area contributed by atoms with Gasteiger partial charge in [-0.1, -0.05) is 6.92 Å². The van der Waals surface area contributed by atoms with Gasteiger partial charge in [-0.15, -0.1) is 10.2 Å². The van der Waals surface area contributed by atoms with Crippen molar-refractivity contribution in [2.45, 2.75) is 37.4 Å². The molecule has 0 bridgehead atoms. The van der Waals surface area contributed by atoms with E-state index in [4.69, 9.17) is 0 Å². The normalized spacial score (nSPS) is 16.2. The van der Waals surface area contributed by atoms with E-state index in [-0.39, 0.29) is 28.5 Å². The van der Waals surface area contributed by atoms with Crippen molar-refractivity contribution in [3.8, 4) is 0 Å². The predicted octanol–water partition coefficient (Wildman–Crippen LogP) is 3.10. The van der Waals surface area contributed by atoms with E-state index in [1.54, 1.807) is 0 Å². The van der Waals surface area contributed by atoms with E-state index in [1.165, 1.54) is 34.6 Å². The van der Waals surface area contributed by atoms with Crippen LogP contribution in [0.4, 0.5) is 13.2 Å². The van der Waals surface area contributed by atoms with Crippen molar-refractivity contribution in [2.24, 2.45) is 5.92 Å². The number of fused-ring (bicyclic) bond motifs is 1. The Hall–Kier alpha value is -2.99. The van der Waals surface area contributed by atoms with Gasteiger partial charge in [-0.2, -0.15) is 17.5 Å². The van der Waals surface area contributed by atoms with Crippen molar-refractivity contribution in [1.29, 1.82) is 0 Å². The molecule has 0 saturated carbocycles. The quantitative estimate of drug-likeness (QED) is 0.604. The second-order valence-corrected chi connectivity index (χ2v) is 9.99. The number of pyridine rings is 1. The number of nitrogens with one attached hydrogen (secondary N) is 1. The van der Waals surface area contributed by atoms with Crippen LogP contribution in [-0.4, -0.2) is 46.3 Å². The van der Waals surface area contributed by atoms with Gasteiger partial charge in [0.25, 0.3) is 5.91 Å². The highest BCUT2D eigenvalue weighted by atomic mass is 32.2. The zero-order chi connectivity index (χ0) is 23.8. The molecule has 33 heavy (non-hydrogen) atoms. The summed E-state index contributed by atoms with van der Waals surface area (Å²) in [5.41, 5.74) is -0.428. The highest BCUT2D eigenvalue weighted by Gasteiger charge is 2.31. The maximum Gasteiger partial charge on any atom is 0.417 e. The zero-order valence-corrected chi connectivity index (χ0v) is 18.5. The summed E-state index contributed by atoms with van der Waals surface area (Å²) in [6, 6.07) is 7.67. The van der Waals surface area contributed by atoms with Crippen molar-refractivity contribution in [3.63, 3.8) is 0 Å². The highest BCUT2D eigenvalue weighted by molar-refractivity contribution is 7.89. The van der Waals surface area contributed by atoms with E-state index in [0.717, 1.165) is 29.5 Å². The lowest BCUT2D eigenvalue weighted by Gasteiger charge is -2.29. The lowest BCUT2D eigenvalue weighted by Crippen LogP contribution is -2.37. The van der Waals surface area contributed by atoms with Crippen molar-refractivity contribution in [2.75, 3.05) is 13.1 Å². The monoisotopic (exact) mass is 481 g/mol. The average molecular weight is 482 g/mol. The van der Waals surface area contributed by atoms with E-state index >= 15 is 0 Å². The maximum atomic E-state index is 13.0. The summed E-state index contributed by atoms with van der Waals surface area (Å²) in [6.07, 6.45) is -2.03. The van der Waals surface area contributed by atoms with Gasteiger partial charge >= 0.3 is 6.18 Å². The number of sulfonamides is 1. The molecule has 3 heterocycles. The molecule has 0 spiro atoms. The van der Waals surface area contributed by atoms with Crippen molar-refractivity contribution in [1.82, 2.24) is 24.2 Å². The largest absolute Gasteiger partial charge is 0.417 e. The molecule has 4 rings (SSSR count). The summed E-state index contributed by atoms with van der Waals surface area (Å²) in [5.74, 6) is 0.0995. The fourth-order valence-electron chi connectivity index (χ4n) is 3.64. The molecule has 1 aliphatic heterocycles. The van der Waals surface area contributed by atoms with Crippen LogP contribution in [0.3, 0.4) is 0 Å². The van der Waals surface area contributed by atoms with Gasteiger partial charge in [0.15, 0.2) is 11.5 Å². The number of hydrogen-bond acceptors (Lipinski definition) is 5. The Morgan fingerprint density at radius 3 is 2.39 bits per heavy atom. The molecule has 2 aromatic heterocycles. The standard InChI is InChI=1S/C21H22F3N5O3S/c1-14-8-10-28(11-9-14)33(31,32)17-5-2-15(3-6-17)20(30)25-12-19-27-26-18-7-4-16(13-29(18)19)21(22,23)24/h2-7,13-14H,8-12H2,1H3,(H,25,30). The number of carbonyl (C=O) groups is 1. The number of amides is 1. The van der Waals surface area contributed by atoms with Gasteiger partial charge in [0.1, 0.15) is 0 Å². The second-order valence-electron chi connectivity index (χ2n) is 8.05. The van der Waals surface area contributed by atoms with Gasteiger partial charge in [0, 0.05) is 24.8 Å². The third kappa shape index (κ3) is 4.86. The molecule has 8 nitrogen and oxygen atoms in total. The fraction of sp³-hybridized carbons (Fsp3) is 0.381. The summed E-state index contributed by atoms with van der Waals surface area (Å²) < 4.78 is 67.1. The van der Waals surface area contributed by atoms with Gasteiger partial charge in [-0.3, -0.25) is 9.20 Å². The molecule has 1 saturated heterocycles. The molecule has 1 N–H and O–H groups in total.